The van der Waals surface area contributed by atoms with Crippen LogP contribution in [0.3, 0.4) is 0 Å². The predicted octanol–water partition coefficient (Wildman–Crippen LogP) is 2.57. The largest absolute Gasteiger partial charge is 0.465 e. The van der Waals surface area contributed by atoms with E-state index in [1.807, 2.05) is 0 Å². The SMILES string of the molecule is C[C@@H](OC(=O)/C=C/c1ccco1)C(=O)NC1(C#N)CCCCC1. The molecule has 0 aliphatic heterocycles. The molecule has 1 aromatic heterocycles. The number of carbonyl (C=O) groups is 2. The molecule has 2 rings (SSSR count). The Bertz CT molecular complexity index is 607. The van der Waals surface area contributed by atoms with Gasteiger partial charge in [0.15, 0.2) is 6.10 Å². The Morgan fingerprint density at radius 2 is 2.17 bits per heavy atom. The van der Waals surface area contributed by atoms with Crippen molar-refractivity contribution in [1.82, 2.24) is 5.32 Å². The molecule has 0 spiro atoms. The van der Waals surface area contributed by atoms with E-state index in [1.54, 1.807) is 12.1 Å². The van der Waals surface area contributed by atoms with Gasteiger partial charge in [-0.25, -0.2) is 4.79 Å². The Kier molecular flexibility index (Phi) is 5.58. The maximum atomic E-state index is 12.2. The zero-order valence-corrected chi connectivity index (χ0v) is 13.1. The molecule has 1 aromatic rings. The van der Waals surface area contributed by atoms with Gasteiger partial charge in [-0.3, -0.25) is 4.79 Å². The summed E-state index contributed by atoms with van der Waals surface area (Å²) in [6, 6.07) is 5.60. The summed E-state index contributed by atoms with van der Waals surface area (Å²) in [5, 5.41) is 12.1. The van der Waals surface area contributed by atoms with E-state index in [9.17, 15) is 14.9 Å². The van der Waals surface area contributed by atoms with Crippen LogP contribution in [0, 0.1) is 11.3 Å². The minimum Gasteiger partial charge on any atom is -0.465 e. The first-order valence-corrected chi connectivity index (χ1v) is 7.70. The standard InChI is InChI=1S/C17H20N2O4/c1-13(23-15(20)8-7-14-6-5-11-22-14)16(21)19-17(12-18)9-3-2-4-10-17/h5-8,11,13H,2-4,9-10H2,1H3,(H,19,21)/b8-7+/t13-/m1/s1. The Hall–Kier alpha value is -2.55. The maximum Gasteiger partial charge on any atom is 0.331 e. The number of nitriles is 1. The van der Waals surface area contributed by atoms with Gasteiger partial charge in [-0.05, 0) is 38.0 Å². The molecule has 6 heteroatoms. The van der Waals surface area contributed by atoms with E-state index in [-0.39, 0.29) is 0 Å². The van der Waals surface area contributed by atoms with E-state index in [0.29, 0.717) is 18.6 Å². The zero-order chi connectivity index (χ0) is 16.7. The average molecular weight is 316 g/mol. The summed E-state index contributed by atoms with van der Waals surface area (Å²) < 4.78 is 10.1. The van der Waals surface area contributed by atoms with Crippen molar-refractivity contribution < 1.29 is 18.7 Å². The summed E-state index contributed by atoms with van der Waals surface area (Å²) in [6.07, 6.45) is 7.35. The van der Waals surface area contributed by atoms with Crippen LogP contribution >= 0.6 is 0 Å². The predicted molar refractivity (Wildman–Crippen MR) is 82.9 cm³/mol. The highest BCUT2D eigenvalue weighted by Crippen LogP contribution is 2.27. The van der Waals surface area contributed by atoms with Gasteiger partial charge in [0.2, 0.25) is 0 Å². The molecule has 1 N–H and O–H groups in total. The molecule has 1 aliphatic carbocycles. The van der Waals surface area contributed by atoms with Crippen LogP contribution in [0.1, 0.15) is 44.8 Å². The topological polar surface area (TPSA) is 92.3 Å². The van der Waals surface area contributed by atoms with Crippen LogP contribution in [0.2, 0.25) is 0 Å². The summed E-state index contributed by atoms with van der Waals surface area (Å²) >= 11 is 0. The highest BCUT2D eigenvalue weighted by molar-refractivity contribution is 5.90. The number of esters is 1. The van der Waals surface area contributed by atoms with E-state index < -0.39 is 23.5 Å². The summed E-state index contributed by atoms with van der Waals surface area (Å²) in [5.41, 5.74) is -0.833. The number of rotatable bonds is 5. The molecule has 1 aliphatic rings. The third-order valence-corrected chi connectivity index (χ3v) is 3.87. The third-order valence-electron chi connectivity index (χ3n) is 3.87. The lowest BCUT2D eigenvalue weighted by Gasteiger charge is -2.32. The van der Waals surface area contributed by atoms with Gasteiger partial charge in [0.05, 0.1) is 12.3 Å². The number of nitrogens with one attached hydrogen (secondary N) is 1. The van der Waals surface area contributed by atoms with Crippen LogP contribution < -0.4 is 5.32 Å². The van der Waals surface area contributed by atoms with Crippen molar-refractivity contribution in [2.45, 2.75) is 50.7 Å². The van der Waals surface area contributed by atoms with Gasteiger partial charge in [-0.1, -0.05) is 19.3 Å². The molecule has 1 fully saturated rings. The van der Waals surface area contributed by atoms with Crippen LogP contribution in [-0.4, -0.2) is 23.5 Å². The van der Waals surface area contributed by atoms with Crippen LogP contribution in [0.4, 0.5) is 0 Å². The number of hydrogen-bond donors (Lipinski definition) is 1. The van der Waals surface area contributed by atoms with Gasteiger partial charge >= 0.3 is 5.97 Å². The third kappa shape index (κ3) is 4.71. The van der Waals surface area contributed by atoms with Crippen molar-refractivity contribution in [3.05, 3.63) is 30.2 Å². The quantitative estimate of drug-likeness (QED) is 0.665. The van der Waals surface area contributed by atoms with E-state index in [1.165, 1.54) is 25.3 Å². The van der Waals surface area contributed by atoms with Crippen LogP contribution in [-0.2, 0) is 14.3 Å². The number of amides is 1. The number of furan rings is 1. The molecule has 0 bridgehead atoms. The van der Waals surface area contributed by atoms with Crippen molar-refractivity contribution in [3.8, 4) is 6.07 Å². The molecule has 0 unspecified atom stereocenters. The number of hydrogen-bond acceptors (Lipinski definition) is 5. The van der Waals surface area contributed by atoms with Gasteiger partial charge in [0.25, 0.3) is 5.91 Å². The zero-order valence-electron chi connectivity index (χ0n) is 13.1. The number of nitrogens with zero attached hydrogens (tertiary/aromatic N) is 1. The van der Waals surface area contributed by atoms with Crippen molar-refractivity contribution in [1.29, 1.82) is 5.26 Å². The lowest BCUT2D eigenvalue weighted by molar-refractivity contribution is -0.150. The fourth-order valence-electron chi connectivity index (χ4n) is 2.56. The summed E-state index contributed by atoms with van der Waals surface area (Å²) in [7, 11) is 0. The van der Waals surface area contributed by atoms with Gasteiger partial charge in [0, 0.05) is 6.08 Å². The lowest BCUT2D eigenvalue weighted by atomic mass is 9.83. The van der Waals surface area contributed by atoms with Gasteiger partial charge in [-0.15, -0.1) is 0 Å². The molecule has 122 valence electrons. The van der Waals surface area contributed by atoms with Crippen molar-refractivity contribution in [2.75, 3.05) is 0 Å². The van der Waals surface area contributed by atoms with Crippen molar-refractivity contribution in [3.63, 3.8) is 0 Å². The molecule has 1 saturated carbocycles. The average Bonchev–Trinajstić information content (AvgIpc) is 3.07. The van der Waals surface area contributed by atoms with Crippen LogP contribution in [0.15, 0.2) is 28.9 Å². The highest BCUT2D eigenvalue weighted by atomic mass is 16.5. The molecule has 0 saturated heterocycles. The summed E-state index contributed by atoms with van der Waals surface area (Å²) in [5.74, 6) is -0.573. The first-order valence-electron chi connectivity index (χ1n) is 7.70. The molecule has 1 amide bonds. The second kappa shape index (κ2) is 7.63. The molecule has 6 nitrogen and oxygen atoms in total. The minimum atomic E-state index is -0.962. The summed E-state index contributed by atoms with van der Waals surface area (Å²) in [4.78, 5) is 23.9. The van der Waals surface area contributed by atoms with Gasteiger partial charge < -0.3 is 14.5 Å². The van der Waals surface area contributed by atoms with Crippen molar-refractivity contribution in [2.24, 2.45) is 0 Å². The number of carbonyl (C=O) groups excluding carboxylic acids is 2. The second-order valence-electron chi connectivity index (χ2n) is 5.67. The fraction of sp³-hybridized carbons (Fsp3) is 0.471. The summed E-state index contributed by atoms with van der Waals surface area (Å²) in [6.45, 7) is 1.49. The maximum absolute atomic E-state index is 12.2. The lowest BCUT2D eigenvalue weighted by Crippen LogP contribution is -2.52. The highest BCUT2D eigenvalue weighted by Gasteiger charge is 2.35. The van der Waals surface area contributed by atoms with E-state index in [0.717, 1.165) is 19.3 Å². The van der Waals surface area contributed by atoms with E-state index >= 15 is 0 Å². The molecule has 0 radical (unpaired) electrons. The minimum absolute atomic E-state index is 0.451. The Morgan fingerprint density at radius 1 is 1.43 bits per heavy atom. The van der Waals surface area contributed by atoms with Gasteiger partial charge in [0.1, 0.15) is 11.3 Å². The molecule has 1 heterocycles. The molecule has 0 aromatic carbocycles. The van der Waals surface area contributed by atoms with Crippen LogP contribution in [0.5, 0.6) is 0 Å². The monoisotopic (exact) mass is 316 g/mol. The Balaban J connectivity index is 1.87. The Morgan fingerprint density at radius 3 is 2.78 bits per heavy atom. The smallest absolute Gasteiger partial charge is 0.331 e. The number of ether oxygens (including phenoxy) is 1. The normalized spacial score (nSPS) is 18.1. The molecular formula is C17H20N2O4. The molecule has 1 atom stereocenters. The molecule has 23 heavy (non-hydrogen) atoms. The first-order chi connectivity index (χ1) is 11.0. The van der Waals surface area contributed by atoms with E-state index in [4.69, 9.17) is 9.15 Å². The van der Waals surface area contributed by atoms with Crippen molar-refractivity contribution >= 4 is 18.0 Å². The first kappa shape index (κ1) is 16.8. The van der Waals surface area contributed by atoms with E-state index in [2.05, 4.69) is 11.4 Å². The van der Waals surface area contributed by atoms with Gasteiger partial charge in [-0.2, -0.15) is 5.26 Å². The second-order valence-corrected chi connectivity index (χ2v) is 5.67. The fourth-order valence-corrected chi connectivity index (χ4v) is 2.56. The van der Waals surface area contributed by atoms with Crippen LogP contribution in [0.25, 0.3) is 6.08 Å². The Labute approximate surface area is 135 Å². The molecular weight excluding hydrogens is 296 g/mol.